The second-order valence-electron chi connectivity index (χ2n) is 3.22. The molecule has 2 aromatic rings. The average molecular weight is 327 g/mol. The normalized spacial score (nSPS) is 10.6. The van der Waals surface area contributed by atoms with Gasteiger partial charge < -0.3 is 0 Å². The number of nitrogens with zero attached hydrogens (tertiary/aromatic N) is 1. The summed E-state index contributed by atoms with van der Waals surface area (Å²) in [5.74, 6) is 0. The van der Waals surface area contributed by atoms with Gasteiger partial charge in [0.15, 0.2) is 0 Å². The molecular formula is C11H4Cl5N. The van der Waals surface area contributed by atoms with Crippen LogP contribution in [0.3, 0.4) is 0 Å². The third-order valence-corrected chi connectivity index (χ3v) is 3.40. The molecule has 0 fully saturated rings. The molecule has 0 unspecified atom stereocenters. The van der Waals surface area contributed by atoms with Gasteiger partial charge in [0.05, 0.1) is 10.0 Å². The molecule has 0 aliphatic heterocycles. The average Bonchev–Trinajstić information content (AvgIpc) is 2.19. The third kappa shape index (κ3) is 2.81. The lowest BCUT2D eigenvalue weighted by Crippen LogP contribution is -1.87. The number of rotatable bonds is 1. The Balaban J connectivity index is 2.68. The van der Waals surface area contributed by atoms with E-state index in [1.54, 1.807) is 24.3 Å². The standard InChI is InChI=1S/C11H4Cl5N/c12-5-3-7(13)10(8(14)4-5)6-1-2-9(15)17-11(6)16/h1-4H. The van der Waals surface area contributed by atoms with Crippen molar-refractivity contribution in [3.8, 4) is 11.1 Å². The van der Waals surface area contributed by atoms with Gasteiger partial charge in [-0.25, -0.2) is 4.98 Å². The Morgan fingerprint density at radius 2 is 1.41 bits per heavy atom. The molecule has 88 valence electrons. The maximum absolute atomic E-state index is 6.09. The summed E-state index contributed by atoms with van der Waals surface area (Å²) >= 11 is 29.8. The van der Waals surface area contributed by atoms with Gasteiger partial charge in [0.2, 0.25) is 0 Å². The van der Waals surface area contributed by atoms with Gasteiger partial charge in [-0.2, -0.15) is 0 Å². The first-order chi connectivity index (χ1) is 7.99. The predicted molar refractivity (Wildman–Crippen MR) is 74.7 cm³/mol. The summed E-state index contributed by atoms with van der Waals surface area (Å²) in [4.78, 5) is 3.94. The Hall–Kier alpha value is -0.180. The van der Waals surface area contributed by atoms with E-state index in [1.807, 2.05) is 0 Å². The van der Waals surface area contributed by atoms with Crippen molar-refractivity contribution in [2.75, 3.05) is 0 Å². The largest absolute Gasteiger partial charge is 0.224 e. The van der Waals surface area contributed by atoms with E-state index in [1.165, 1.54) is 0 Å². The van der Waals surface area contributed by atoms with Crippen LogP contribution in [0.25, 0.3) is 11.1 Å². The lowest BCUT2D eigenvalue weighted by Gasteiger charge is -2.09. The van der Waals surface area contributed by atoms with Crippen LogP contribution < -0.4 is 0 Å². The molecule has 0 saturated carbocycles. The van der Waals surface area contributed by atoms with E-state index < -0.39 is 0 Å². The summed E-state index contributed by atoms with van der Waals surface area (Å²) in [6.07, 6.45) is 0. The van der Waals surface area contributed by atoms with Crippen molar-refractivity contribution in [2.45, 2.75) is 0 Å². The van der Waals surface area contributed by atoms with Gasteiger partial charge in [0.1, 0.15) is 10.3 Å². The number of aromatic nitrogens is 1. The van der Waals surface area contributed by atoms with Crippen molar-refractivity contribution in [2.24, 2.45) is 0 Å². The molecule has 1 heterocycles. The number of hydrogen-bond donors (Lipinski definition) is 0. The van der Waals surface area contributed by atoms with Crippen molar-refractivity contribution in [3.05, 3.63) is 49.6 Å². The van der Waals surface area contributed by atoms with E-state index in [4.69, 9.17) is 58.0 Å². The molecular weight excluding hydrogens is 323 g/mol. The number of benzene rings is 1. The molecule has 1 nitrogen and oxygen atoms in total. The maximum atomic E-state index is 6.09. The van der Waals surface area contributed by atoms with E-state index in [9.17, 15) is 0 Å². The first-order valence-electron chi connectivity index (χ1n) is 4.46. The minimum Gasteiger partial charge on any atom is -0.224 e. The molecule has 0 aliphatic rings. The smallest absolute Gasteiger partial charge is 0.138 e. The van der Waals surface area contributed by atoms with Crippen molar-refractivity contribution < 1.29 is 0 Å². The summed E-state index contributed by atoms with van der Waals surface area (Å²) in [5.41, 5.74) is 1.20. The molecule has 6 heteroatoms. The highest BCUT2D eigenvalue weighted by atomic mass is 35.5. The highest BCUT2D eigenvalue weighted by Gasteiger charge is 2.14. The molecule has 1 aromatic carbocycles. The number of hydrogen-bond acceptors (Lipinski definition) is 1. The Morgan fingerprint density at radius 1 is 0.824 bits per heavy atom. The van der Waals surface area contributed by atoms with Gasteiger partial charge in [-0.1, -0.05) is 58.0 Å². The predicted octanol–water partition coefficient (Wildman–Crippen LogP) is 6.02. The Labute approximate surface area is 123 Å². The monoisotopic (exact) mass is 325 g/mol. The van der Waals surface area contributed by atoms with Crippen LogP contribution in [-0.2, 0) is 0 Å². The lowest BCUT2D eigenvalue weighted by atomic mass is 10.1. The zero-order valence-electron chi connectivity index (χ0n) is 8.15. The zero-order chi connectivity index (χ0) is 12.6. The maximum Gasteiger partial charge on any atom is 0.138 e. The van der Waals surface area contributed by atoms with E-state index in [-0.39, 0.29) is 5.15 Å². The minimum atomic E-state index is 0.239. The highest BCUT2D eigenvalue weighted by Crippen LogP contribution is 2.39. The molecule has 0 radical (unpaired) electrons. The fraction of sp³-hybridized carbons (Fsp3) is 0. The van der Waals surface area contributed by atoms with Crippen LogP contribution in [0, 0.1) is 0 Å². The Kier molecular flexibility index (Phi) is 4.06. The van der Waals surface area contributed by atoms with Crippen LogP contribution in [-0.4, -0.2) is 4.98 Å². The fourth-order valence-electron chi connectivity index (χ4n) is 1.40. The quantitative estimate of drug-likeness (QED) is 0.584. The zero-order valence-corrected chi connectivity index (χ0v) is 11.9. The van der Waals surface area contributed by atoms with Crippen LogP contribution in [0.15, 0.2) is 24.3 Å². The molecule has 0 bridgehead atoms. The number of pyridine rings is 1. The van der Waals surface area contributed by atoms with Crippen molar-refractivity contribution in [3.63, 3.8) is 0 Å². The summed E-state index contributed by atoms with van der Waals surface area (Å²) in [6.45, 7) is 0. The van der Waals surface area contributed by atoms with Crippen molar-refractivity contribution in [1.82, 2.24) is 4.98 Å². The van der Waals surface area contributed by atoms with E-state index >= 15 is 0 Å². The van der Waals surface area contributed by atoms with E-state index in [0.29, 0.717) is 31.3 Å². The molecule has 0 N–H and O–H groups in total. The second kappa shape index (κ2) is 5.21. The van der Waals surface area contributed by atoms with Gasteiger partial charge in [0, 0.05) is 16.1 Å². The molecule has 17 heavy (non-hydrogen) atoms. The molecule has 1 aromatic heterocycles. The van der Waals surface area contributed by atoms with Crippen LogP contribution in [0.5, 0.6) is 0 Å². The number of halogens is 5. The van der Waals surface area contributed by atoms with Crippen molar-refractivity contribution in [1.29, 1.82) is 0 Å². The van der Waals surface area contributed by atoms with Gasteiger partial charge in [-0.15, -0.1) is 0 Å². The van der Waals surface area contributed by atoms with Crippen LogP contribution in [0.1, 0.15) is 0 Å². The van der Waals surface area contributed by atoms with Gasteiger partial charge in [-0.3, -0.25) is 0 Å². The topological polar surface area (TPSA) is 12.9 Å². The van der Waals surface area contributed by atoms with Gasteiger partial charge in [0.25, 0.3) is 0 Å². The minimum absolute atomic E-state index is 0.239. The van der Waals surface area contributed by atoms with Gasteiger partial charge >= 0.3 is 0 Å². The molecule has 0 spiro atoms. The summed E-state index contributed by atoms with van der Waals surface area (Å²) in [5, 5.41) is 1.83. The molecule has 0 amide bonds. The summed E-state index contributed by atoms with van der Waals surface area (Å²) in [7, 11) is 0. The van der Waals surface area contributed by atoms with Gasteiger partial charge in [-0.05, 0) is 24.3 Å². The first kappa shape index (κ1) is 13.3. The fourth-order valence-corrected chi connectivity index (χ4v) is 2.86. The Bertz CT molecular complexity index is 559. The second-order valence-corrected chi connectivity index (χ2v) is 5.21. The molecule has 2 rings (SSSR count). The van der Waals surface area contributed by atoms with Crippen LogP contribution in [0.4, 0.5) is 0 Å². The van der Waals surface area contributed by atoms with Crippen LogP contribution >= 0.6 is 58.0 Å². The molecule has 0 aliphatic carbocycles. The SMILES string of the molecule is Clc1cc(Cl)c(-c2ccc(Cl)nc2Cl)c(Cl)c1. The third-order valence-electron chi connectivity index (χ3n) is 2.09. The van der Waals surface area contributed by atoms with Crippen LogP contribution in [0.2, 0.25) is 25.4 Å². The van der Waals surface area contributed by atoms with E-state index in [0.717, 1.165) is 0 Å². The highest BCUT2D eigenvalue weighted by molar-refractivity contribution is 6.43. The summed E-state index contributed by atoms with van der Waals surface area (Å²) in [6, 6.07) is 6.51. The van der Waals surface area contributed by atoms with E-state index in [2.05, 4.69) is 4.98 Å². The molecule has 0 atom stereocenters. The lowest BCUT2D eigenvalue weighted by molar-refractivity contribution is 1.33. The summed E-state index contributed by atoms with van der Waals surface area (Å²) < 4.78 is 0. The first-order valence-corrected chi connectivity index (χ1v) is 6.35. The Morgan fingerprint density at radius 3 is 1.94 bits per heavy atom. The van der Waals surface area contributed by atoms with Crippen molar-refractivity contribution >= 4 is 58.0 Å². The molecule has 0 saturated heterocycles.